The number of hydrogen-bond donors (Lipinski definition) is 0. The summed E-state index contributed by atoms with van der Waals surface area (Å²) in [5.74, 6) is 1.05. The standard InChI is InChI=1S/C20H19N5O/c1-14-15(5-4-8-21)20(24-9-11-26-12-10-24)25-18-7-3-2-6-17(18)23-19(25)16(14)13-22/h2-3,6-7H,4-5,9-12H2,1H3. The van der Waals surface area contributed by atoms with Crippen LogP contribution in [0.25, 0.3) is 16.7 Å². The van der Waals surface area contributed by atoms with Crippen LogP contribution in [0.5, 0.6) is 0 Å². The number of anilines is 1. The Kier molecular flexibility index (Phi) is 4.20. The second-order valence-electron chi connectivity index (χ2n) is 6.43. The lowest BCUT2D eigenvalue weighted by Crippen LogP contribution is -2.38. The van der Waals surface area contributed by atoms with Crippen molar-refractivity contribution in [3.05, 3.63) is 41.0 Å². The van der Waals surface area contributed by atoms with Gasteiger partial charge < -0.3 is 9.64 Å². The van der Waals surface area contributed by atoms with E-state index in [4.69, 9.17) is 15.0 Å². The highest BCUT2D eigenvalue weighted by atomic mass is 16.5. The maximum absolute atomic E-state index is 9.79. The van der Waals surface area contributed by atoms with E-state index < -0.39 is 0 Å². The van der Waals surface area contributed by atoms with Crippen LogP contribution in [0.15, 0.2) is 24.3 Å². The molecule has 1 aromatic carbocycles. The number of benzene rings is 1. The molecule has 26 heavy (non-hydrogen) atoms. The van der Waals surface area contributed by atoms with Gasteiger partial charge in [0.2, 0.25) is 0 Å². The summed E-state index contributed by atoms with van der Waals surface area (Å²) in [5, 5.41) is 18.9. The first-order valence-corrected chi connectivity index (χ1v) is 8.78. The van der Waals surface area contributed by atoms with E-state index in [0.29, 0.717) is 37.3 Å². The Balaban J connectivity index is 2.12. The van der Waals surface area contributed by atoms with Crippen LogP contribution in [0.3, 0.4) is 0 Å². The largest absolute Gasteiger partial charge is 0.378 e. The highest BCUT2D eigenvalue weighted by molar-refractivity contribution is 5.86. The van der Waals surface area contributed by atoms with Crippen molar-refractivity contribution in [2.24, 2.45) is 0 Å². The second kappa shape index (κ2) is 6.67. The molecular formula is C20H19N5O. The van der Waals surface area contributed by atoms with E-state index in [1.165, 1.54) is 0 Å². The van der Waals surface area contributed by atoms with Gasteiger partial charge >= 0.3 is 0 Å². The summed E-state index contributed by atoms with van der Waals surface area (Å²) in [6.07, 6.45) is 1.04. The van der Waals surface area contributed by atoms with Crippen LogP contribution in [0.1, 0.15) is 23.1 Å². The summed E-state index contributed by atoms with van der Waals surface area (Å²) >= 11 is 0. The van der Waals surface area contributed by atoms with E-state index in [0.717, 1.165) is 41.1 Å². The van der Waals surface area contributed by atoms with Gasteiger partial charge in [-0.3, -0.25) is 4.40 Å². The molecule has 1 aliphatic rings. The maximum atomic E-state index is 9.79. The minimum atomic E-state index is 0.418. The summed E-state index contributed by atoms with van der Waals surface area (Å²) < 4.78 is 7.62. The molecule has 6 heteroatoms. The molecule has 130 valence electrons. The number of pyridine rings is 1. The van der Waals surface area contributed by atoms with Gasteiger partial charge in [-0.1, -0.05) is 12.1 Å². The summed E-state index contributed by atoms with van der Waals surface area (Å²) in [6.45, 7) is 4.88. The fourth-order valence-corrected chi connectivity index (χ4v) is 3.75. The molecule has 1 saturated heterocycles. The Morgan fingerprint density at radius 1 is 1.19 bits per heavy atom. The van der Waals surface area contributed by atoms with E-state index in [2.05, 4.69) is 21.4 Å². The predicted molar refractivity (Wildman–Crippen MR) is 99.1 cm³/mol. The Bertz CT molecular complexity index is 1060. The third-order valence-corrected chi connectivity index (χ3v) is 5.00. The normalized spacial score (nSPS) is 14.5. The maximum Gasteiger partial charge on any atom is 0.157 e. The van der Waals surface area contributed by atoms with Crippen LogP contribution in [-0.2, 0) is 11.2 Å². The van der Waals surface area contributed by atoms with Crippen molar-refractivity contribution in [2.45, 2.75) is 19.8 Å². The van der Waals surface area contributed by atoms with Gasteiger partial charge in [0.15, 0.2) is 5.65 Å². The number of morpholine rings is 1. The van der Waals surface area contributed by atoms with Gasteiger partial charge in [-0.05, 0) is 36.6 Å². The van der Waals surface area contributed by atoms with Gasteiger partial charge in [0.25, 0.3) is 0 Å². The van der Waals surface area contributed by atoms with Crippen LogP contribution >= 0.6 is 0 Å². The van der Waals surface area contributed by atoms with Crippen molar-refractivity contribution in [1.29, 1.82) is 10.5 Å². The fraction of sp³-hybridized carbons (Fsp3) is 0.350. The molecule has 2 aromatic heterocycles. The van der Waals surface area contributed by atoms with Gasteiger partial charge in [0, 0.05) is 19.5 Å². The molecule has 0 atom stereocenters. The van der Waals surface area contributed by atoms with Crippen LogP contribution < -0.4 is 4.90 Å². The topological polar surface area (TPSA) is 77.3 Å². The number of para-hydroxylation sites is 2. The molecule has 0 spiro atoms. The number of imidazole rings is 1. The van der Waals surface area contributed by atoms with E-state index in [-0.39, 0.29) is 0 Å². The Labute approximate surface area is 151 Å². The number of rotatable bonds is 3. The zero-order valence-electron chi connectivity index (χ0n) is 14.7. The minimum absolute atomic E-state index is 0.418. The van der Waals surface area contributed by atoms with Crippen molar-refractivity contribution >= 4 is 22.5 Å². The number of aromatic nitrogens is 2. The first-order valence-electron chi connectivity index (χ1n) is 8.78. The van der Waals surface area contributed by atoms with Crippen LogP contribution in [-0.4, -0.2) is 35.7 Å². The molecule has 1 fully saturated rings. The third kappa shape index (κ3) is 2.47. The summed E-state index contributed by atoms with van der Waals surface area (Å²) in [4.78, 5) is 7.04. The smallest absolute Gasteiger partial charge is 0.157 e. The fourth-order valence-electron chi connectivity index (χ4n) is 3.75. The average Bonchev–Trinajstić information content (AvgIpc) is 3.05. The molecule has 0 unspecified atom stereocenters. The molecule has 0 aliphatic carbocycles. The van der Waals surface area contributed by atoms with Crippen LogP contribution in [0, 0.1) is 29.6 Å². The lowest BCUT2D eigenvalue weighted by atomic mass is 10.00. The minimum Gasteiger partial charge on any atom is -0.378 e. The molecule has 0 N–H and O–H groups in total. The molecule has 0 bridgehead atoms. The lowest BCUT2D eigenvalue weighted by Gasteiger charge is -2.32. The number of hydrogen-bond acceptors (Lipinski definition) is 5. The van der Waals surface area contributed by atoms with Gasteiger partial charge in [-0.2, -0.15) is 10.5 Å². The quantitative estimate of drug-likeness (QED) is 0.729. The summed E-state index contributed by atoms with van der Waals surface area (Å²) in [5.41, 5.74) is 5.11. The van der Waals surface area contributed by atoms with E-state index >= 15 is 0 Å². The lowest BCUT2D eigenvalue weighted by molar-refractivity contribution is 0.122. The predicted octanol–water partition coefficient (Wildman–Crippen LogP) is 2.96. The molecule has 0 radical (unpaired) electrons. The van der Waals surface area contributed by atoms with E-state index in [1.54, 1.807) is 0 Å². The molecule has 4 rings (SSSR count). The van der Waals surface area contributed by atoms with Crippen molar-refractivity contribution in [3.8, 4) is 12.1 Å². The molecule has 1 aliphatic heterocycles. The van der Waals surface area contributed by atoms with Crippen LogP contribution in [0.2, 0.25) is 0 Å². The van der Waals surface area contributed by atoms with Crippen LogP contribution in [0.4, 0.5) is 5.82 Å². The first-order chi connectivity index (χ1) is 12.8. The molecule has 3 heterocycles. The van der Waals surface area contributed by atoms with Crippen molar-refractivity contribution < 1.29 is 4.74 Å². The third-order valence-electron chi connectivity index (χ3n) is 5.00. The van der Waals surface area contributed by atoms with Crippen molar-refractivity contribution in [2.75, 3.05) is 31.2 Å². The average molecular weight is 345 g/mol. The highest BCUT2D eigenvalue weighted by Gasteiger charge is 2.25. The Morgan fingerprint density at radius 3 is 2.69 bits per heavy atom. The van der Waals surface area contributed by atoms with Gasteiger partial charge in [-0.25, -0.2) is 4.98 Å². The van der Waals surface area contributed by atoms with Crippen molar-refractivity contribution in [1.82, 2.24) is 9.38 Å². The van der Waals surface area contributed by atoms with Gasteiger partial charge in [0.1, 0.15) is 11.9 Å². The molecule has 0 saturated carbocycles. The monoisotopic (exact) mass is 345 g/mol. The second-order valence-corrected chi connectivity index (χ2v) is 6.43. The van der Waals surface area contributed by atoms with E-state index in [9.17, 15) is 5.26 Å². The van der Waals surface area contributed by atoms with Gasteiger partial charge in [0.05, 0.1) is 35.9 Å². The molecule has 3 aromatic rings. The highest BCUT2D eigenvalue weighted by Crippen LogP contribution is 2.34. The van der Waals surface area contributed by atoms with Gasteiger partial charge in [-0.15, -0.1) is 0 Å². The zero-order valence-corrected chi connectivity index (χ0v) is 14.7. The number of nitrogens with zero attached hydrogens (tertiary/aromatic N) is 5. The molecule has 0 amide bonds. The first kappa shape index (κ1) is 16.4. The molecule has 6 nitrogen and oxygen atoms in total. The SMILES string of the molecule is Cc1c(CCC#N)c(N2CCOCC2)n2c(nc3ccccc32)c1C#N. The number of ether oxygens (including phenoxy) is 1. The molecular weight excluding hydrogens is 326 g/mol. The Morgan fingerprint density at radius 2 is 1.96 bits per heavy atom. The van der Waals surface area contributed by atoms with Crippen molar-refractivity contribution in [3.63, 3.8) is 0 Å². The summed E-state index contributed by atoms with van der Waals surface area (Å²) in [7, 11) is 0. The van der Waals surface area contributed by atoms with E-state index in [1.807, 2.05) is 31.2 Å². The number of nitriles is 2. The number of fused-ring (bicyclic) bond motifs is 3. The summed E-state index contributed by atoms with van der Waals surface area (Å²) in [6, 6.07) is 12.5. The zero-order chi connectivity index (χ0) is 18.1. The Hall–Kier alpha value is -3.09.